The molecular weight excluding hydrogens is 342 g/mol. The topological polar surface area (TPSA) is 81.9 Å². The van der Waals surface area contributed by atoms with Crippen LogP contribution in [0.25, 0.3) is 11.4 Å². The molecule has 7 nitrogen and oxygen atoms in total. The van der Waals surface area contributed by atoms with Gasteiger partial charge in [0.15, 0.2) is 11.6 Å². The summed E-state index contributed by atoms with van der Waals surface area (Å²) < 4.78 is 7.30. The molecule has 0 aliphatic rings. The minimum Gasteiger partial charge on any atom is -0.494 e. The van der Waals surface area contributed by atoms with Gasteiger partial charge in [0, 0.05) is 19.3 Å². The number of nitrogens with one attached hydrogen (secondary N) is 1. The lowest BCUT2D eigenvalue weighted by molar-refractivity contribution is -0.120. The quantitative estimate of drug-likeness (QED) is 0.694. The first kappa shape index (κ1) is 18.6. The zero-order valence-corrected chi connectivity index (χ0v) is 15.8. The molecule has 3 aromatic rings. The molecule has 0 bridgehead atoms. The van der Waals surface area contributed by atoms with E-state index in [1.165, 1.54) is 5.56 Å². The van der Waals surface area contributed by atoms with Crippen molar-refractivity contribution in [3.05, 3.63) is 59.7 Å². The molecule has 0 saturated heterocycles. The van der Waals surface area contributed by atoms with E-state index < -0.39 is 0 Å². The third-order valence-electron chi connectivity index (χ3n) is 4.23. The van der Waals surface area contributed by atoms with Gasteiger partial charge >= 0.3 is 0 Å². The fourth-order valence-corrected chi connectivity index (χ4v) is 2.82. The molecular formula is C20H23N5O2. The maximum Gasteiger partial charge on any atom is 0.227 e. The smallest absolute Gasteiger partial charge is 0.227 e. The van der Waals surface area contributed by atoms with Gasteiger partial charge in [0.05, 0.1) is 25.3 Å². The summed E-state index contributed by atoms with van der Waals surface area (Å²) in [6.45, 7) is 2.56. The number of rotatable bonds is 7. The number of carbonyl (C=O) groups excluding carboxylic acids is 1. The van der Waals surface area contributed by atoms with Gasteiger partial charge in [-0.05, 0) is 25.0 Å². The van der Waals surface area contributed by atoms with Gasteiger partial charge in [0.2, 0.25) is 5.91 Å². The first-order valence-electron chi connectivity index (χ1n) is 8.80. The van der Waals surface area contributed by atoms with Gasteiger partial charge in [0.1, 0.15) is 5.75 Å². The van der Waals surface area contributed by atoms with E-state index in [1.807, 2.05) is 35.9 Å². The third kappa shape index (κ3) is 4.49. The Bertz CT molecular complexity index is 921. The zero-order chi connectivity index (χ0) is 19.2. The SMILES string of the molecule is CNC(=O)Cc1nc(-c2cc(C)ncc2OC)n(CCc2ccccc2)n1. The number of nitrogens with zero attached hydrogens (tertiary/aromatic N) is 4. The fourth-order valence-electron chi connectivity index (χ4n) is 2.82. The Morgan fingerprint density at radius 2 is 2.04 bits per heavy atom. The van der Waals surface area contributed by atoms with E-state index in [4.69, 9.17) is 4.74 Å². The molecule has 1 N–H and O–H groups in total. The van der Waals surface area contributed by atoms with E-state index in [0.29, 0.717) is 23.9 Å². The van der Waals surface area contributed by atoms with Crippen LogP contribution in [0.3, 0.4) is 0 Å². The lowest BCUT2D eigenvalue weighted by atomic mass is 10.1. The Labute approximate surface area is 158 Å². The molecule has 0 aliphatic heterocycles. The maximum absolute atomic E-state index is 11.8. The molecule has 0 aliphatic carbocycles. The van der Waals surface area contributed by atoms with Crippen LogP contribution in [0, 0.1) is 6.92 Å². The number of hydrogen-bond donors (Lipinski definition) is 1. The molecule has 1 amide bonds. The second kappa shape index (κ2) is 8.44. The number of benzene rings is 1. The molecule has 0 fully saturated rings. The minimum absolute atomic E-state index is 0.125. The molecule has 2 heterocycles. The first-order valence-corrected chi connectivity index (χ1v) is 8.80. The van der Waals surface area contributed by atoms with Crippen LogP contribution in [-0.2, 0) is 24.2 Å². The number of aryl methyl sites for hydroxylation is 3. The highest BCUT2D eigenvalue weighted by Gasteiger charge is 2.18. The highest BCUT2D eigenvalue weighted by atomic mass is 16.5. The van der Waals surface area contributed by atoms with E-state index in [2.05, 4.69) is 32.5 Å². The van der Waals surface area contributed by atoms with Crippen LogP contribution in [0.1, 0.15) is 17.1 Å². The van der Waals surface area contributed by atoms with Crippen molar-refractivity contribution in [1.82, 2.24) is 25.1 Å². The summed E-state index contributed by atoms with van der Waals surface area (Å²) in [5, 5.41) is 7.17. The lowest BCUT2D eigenvalue weighted by Gasteiger charge is -2.10. The molecule has 27 heavy (non-hydrogen) atoms. The fraction of sp³-hybridized carbons (Fsp3) is 0.300. The van der Waals surface area contributed by atoms with Gasteiger partial charge < -0.3 is 10.1 Å². The number of aromatic nitrogens is 4. The summed E-state index contributed by atoms with van der Waals surface area (Å²) in [6.07, 6.45) is 2.62. The maximum atomic E-state index is 11.8. The van der Waals surface area contributed by atoms with Crippen LogP contribution in [0.15, 0.2) is 42.6 Å². The second-order valence-corrected chi connectivity index (χ2v) is 6.19. The van der Waals surface area contributed by atoms with E-state index in [0.717, 1.165) is 17.7 Å². The number of pyridine rings is 1. The molecule has 0 spiro atoms. The summed E-state index contributed by atoms with van der Waals surface area (Å²) in [5.41, 5.74) is 2.88. The number of methoxy groups -OCH3 is 1. The molecule has 3 rings (SSSR count). The van der Waals surface area contributed by atoms with Crippen LogP contribution < -0.4 is 10.1 Å². The van der Waals surface area contributed by atoms with Crippen molar-refractivity contribution in [3.63, 3.8) is 0 Å². The molecule has 7 heteroatoms. The van der Waals surface area contributed by atoms with Gasteiger partial charge in [-0.1, -0.05) is 30.3 Å². The predicted octanol–water partition coefficient (Wildman–Crippen LogP) is 2.19. The standard InChI is InChI=1S/C20H23N5O2/c1-14-11-16(17(27-3)13-22-14)20-23-18(12-19(26)21-2)24-25(20)10-9-15-7-5-4-6-8-15/h4-8,11,13H,9-10,12H2,1-3H3,(H,21,26). The van der Waals surface area contributed by atoms with Crippen molar-refractivity contribution in [2.45, 2.75) is 26.3 Å². The molecule has 0 atom stereocenters. The van der Waals surface area contributed by atoms with Crippen molar-refractivity contribution >= 4 is 5.91 Å². The van der Waals surface area contributed by atoms with Crippen molar-refractivity contribution in [2.75, 3.05) is 14.2 Å². The first-order chi connectivity index (χ1) is 13.1. The molecule has 0 radical (unpaired) electrons. The number of amides is 1. The molecule has 2 aromatic heterocycles. The number of carbonyl (C=O) groups is 1. The Balaban J connectivity index is 1.97. The molecule has 1 aromatic carbocycles. The van der Waals surface area contributed by atoms with Gasteiger partial charge in [-0.15, -0.1) is 0 Å². The van der Waals surface area contributed by atoms with Crippen molar-refractivity contribution in [3.8, 4) is 17.1 Å². The summed E-state index contributed by atoms with van der Waals surface area (Å²) in [6, 6.07) is 12.1. The van der Waals surface area contributed by atoms with E-state index in [9.17, 15) is 4.79 Å². The van der Waals surface area contributed by atoms with Crippen LogP contribution in [0.2, 0.25) is 0 Å². The molecule has 140 valence electrons. The summed E-state index contributed by atoms with van der Waals surface area (Å²) >= 11 is 0. The van der Waals surface area contributed by atoms with Gasteiger partial charge in [-0.3, -0.25) is 9.78 Å². The van der Waals surface area contributed by atoms with Gasteiger partial charge in [-0.25, -0.2) is 9.67 Å². The van der Waals surface area contributed by atoms with Crippen molar-refractivity contribution < 1.29 is 9.53 Å². The van der Waals surface area contributed by atoms with Crippen LogP contribution in [0.4, 0.5) is 0 Å². The number of ether oxygens (including phenoxy) is 1. The predicted molar refractivity (Wildman–Crippen MR) is 102 cm³/mol. The van der Waals surface area contributed by atoms with E-state index >= 15 is 0 Å². The Kier molecular flexibility index (Phi) is 5.80. The zero-order valence-electron chi connectivity index (χ0n) is 15.8. The third-order valence-corrected chi connectivity index (χ3v) is 4.23. The Hall–Kier alpha value is -3.22. The summed E-state index contributed by atoms with van der Waals surface area (Å²) in [4.78, 5) is 20.7. The number of likely N-dealkylation sites (N-methyl/N-ethyl adjacent to an activating group) is 1. The highest BCUT2D eigenvalue weighted by Crippen LogP contribution is 2.28. The van der Waals surface area contributed by atoms with E-state index in [1.54, 1.807) is 20.4 Å². The van der Waals surface area contributed by atoms with Crippen LogP contribution in [-0.4, -0.2) is 39.8 Å². The monoisotopic (exact) mass is 365 g/mol. The lowest BCUT2D eigenvalue weighted by Crippen LogP contribution is -2.20. The van der Waals surface area contributed by atoms with Crippen LogP contribution >= 0.6 is 0 Å². The van der Waals surface area contributed by atoms with Crippen molar-refractivity contribution in [2.24, 2.45) is 0 Å². The minimum atomic E-state index is -0.125. The number of hydrogen-bond acceptors (Lipinski definition) is 5. The summed E-state index contributed by atoms with van der Waals surface area (Å²) in [5.74, 6) is 1.65. The molecule has 0 unspecified atom stereocenters. The average molecular weight is 365 g/mol. The Morgan fingerprint density at radius 1 is 1.26 bits per heavy atom. The Morgan fingerprint density at radius 3 is 2.74 bits per heavy atom. The second-order valence-electron chi connectivity index (χ2n) is 6.19. The largest absolute Gasteiger partial charge is 0.494 e. The van der Waals surface area contributed by atoms with Gasteiger partial charge in [0.25, 0.3) is 0 Å². The van der Waals surface area contributed by atoms with E-state index in [-0.39, 0.29) is 12.3 Å². The highest BCUT2D eigenvalue weighted by molar-refractivity contribution is 5.77. The van der Waals surface area contributed by atoms with Crippen molar-refractivity contribution in [1.29, 1.82) is 0 Å². The normalized spacial score (nSPS) is 10.6. The summed E-state index contributed by atoms with van der Waals surface area (Å²) in [7, 11) is 3.21. The molecule has 0 saturated carbocycles. The average Bonchev–Trinajstić information content (AvgIpc) is 3.09. The van der Waals surface area contributed by atoms with Crippen LogP contribution in [0.5, 0.6) is 5.75 Å². The van der Waals surface area contributed by atoms with Gasteiger partial charge in [-0.2, -0.15) is 5.10 Å².